The third-order valence-corrected chi connectivity index (χ3v) is 4.52. The van der Waals surface area contributed by atoms with Crippen molar-refractivity contribution in [2.24, 2.45) is 0 Å². The SMILES string of the molecule is COc1ccc(CC(=O)NC(C)Cc2ccc3c(c2)CCO3)cc1OC. The number of hydrogen-bond acceptors (Lipinski definition) is 4. The molecule has 3 rings (SSSR count). The highest BCUT2D eigenvalue weighted by Crippen LogP contribution is 2.28. The number of methoxy groups -OCH3 is 2. The van der Waals surface area contributed by atoms with Gasteiger partial charge in [-0.05, 0) is 48.2 Å². The van der Waals surface area contributed by atoms with Gasteiger partial charge in [0.15, 0.2) is 11.5 Å². The average molecular weight is 355 g/mol. The fraction of sp³-hybridized carbons (Fsp3) is 0.381. The number of fused-ring (bicyclic) bond motifs is 1. The molecular formula is C21H25NO4. The minimum Gasteiger partial charge on any atom is -0.493 e. The van der Waals surface area contributed by atoms with E-state index in [1.165, 1.54) is 11.1 Å². The van der Waals surface area contributed by atoms with Gasteiger partial charge in [-0.15, -0.1) is 0 Å². The lowest BCUT2D eigenvalue weighted by atomic mass is 10.0. The van der Waals surface area contributed by atoms with E-state index in [4.69, 9.17) is 14.2 Å². The summed E-state index contributed by atoms with van der Waals surface area (Å²) < 4.78 is 16.0. The van der Waals surface area contributed by atoms with Gasteiger partial charge in [-0.25, -0.2) is 0 Å². The monoisotopic (exact) mass is 355 g/mol. The number of amides is 1. The molecule has 26 heavy (non-hydrogen) atoms. The Balaban J connectivity index is 1.56. The number of ether oxygens (including phenoxy) is 3. The second-order valence-electron chi connectivity index (χ2n) is 6.58. The summed E-state index contributed by atoms with van der Waals surface area (Å²) in [6.07, 6.45) is 2.07. The Bertz CT molecular complexity index is 788. The van der Waals surface area contributed by atoms with Crippen molar-refractivity contribution in [1.82, 2.24) is 5.32 Å². The predicted molar refractivity (Wildman–Crippen MR) is 100 cm³/mol. The zero-order valence-corrected chi connectivity index (χ0v) is 15.5. The number of benzene rings is 2. The van der Waals surface area contributed by atoms with Crippen molar-refractivity contribution < 1.29 is 19.0 Å². The van der Waals surface area contributed by atoms with Crippen LogP contribution in [0, 0.1) is 0 Å². The summed E-state index contributed by atoms with van der Waals surface area (Å²) in [6.45, 7) is 2.78. The number of rotatable bonds is 7. The molecule has 1 heterocycles. The van der Waals surface area contributed by atoms with Crippen LogP contribution in [0.25, 0.3) is 0 Å². The predicted octanol–water partition coefficient (Wildman–Crippen LogP) is 2.93. The highest BCUT2D eigenvalue weighted by atomic mass is 16.5. The lowest BCUT2D eigenvalue weighted by Crippen LogP contribution is -2.35. The third kappa shape index (κ3) is 4.28. The van der Waals surface area contributed by atoms with Crippen molar-refractivity contribution >= 4 is 5.91 Å². The van der Waals surface area contributed by atoms with Crippen LogP contribution in [-0.4, -0.2) is 32.8 Å². The van der Waals surface area contributed by atoms with Crippen LogP contribution in [0.1, 0.15) is 23.6 Å². The summed E-state index contributed by atoms with van der Waals surface area (Å²) in [5.74, 6) is 2.27. The quantitative estimate of drug-likeness (QED) is 0.830. The number of nitrogens with one attached hydrogen (secondary N) is 1. The molecule has 1 aliphatic rings. The van der Waals surface area contributed by atoms with E-state index in [1.807, 2.05) is 31.2 Å². The normalized spacial score (nSPS) is 13.5. The summed E-state index contributed by atoms with van der Waals surface area (Å²) in [5, 5.41) is 3.07. The van der Waals surface area contributed by atoms with Gasteiger partial charge >= 0.3 is 0 Å². The molecule has 1 unspecified atom stereocenters. The van der Waals surface area contributed by atoms with Gasteiger partial charge in [-0.3, -0.25) is 4.79 Å². The van der Waals surface area contributed by atoms with E-state index >= 15 is 0 Å². The molecule has 0 aliphatic carbocycles. The van der Waals surface area contributed by atoms with Crippen molar-refractivity contribution in [3.05, 3.63) is 53.1 Å². The third-order valence-electron chi connectivity index (χ3n) is 4.52. The fourth-order valence-electron chi connectivity index (χ4n) is 3.27. The Hall–Kier alpha value is -2.69. The summed E-state index contributed by atoms with van der Waals surface area (Å²) >= 11 is 0. The smallest absolute Gasteiger partial charge is 0.224 e. The van der Waals surface area contributed by atoms with E-state index in [-0.39, 0.29) is 11.9 Å². The summed E-state index contributed by atoms with van der Waals surface area (Å²) in [5.41, 5.74) is 3.36. The first-order chi connectivity index (χ1) is 12.6. The van der Waals surface area contributed by atoms with Crippen LogP contribution >= 0.6 is 0 Å². The van der Waals surface area contributed by atoms with Gasteiger partial charge < -0.3 is 19.5 Å². The topological polar surface area (TPSA) is 56.8 Å². The maximum Gasteiger partial charge on any atom is 0.224 e. The van der Waals surface area contributed by atoms with Crippen LogP contribution in [0.3, 0.4) is 0 Å². The Morgan fingerprint density at radius 1 is 1.12 bits per heavy atom. The zero-order chi connectivity index (χ0) is 18.5. The van der Waals surface area contributed by atoms with E-state index < -0.39 is 0 Å². The van der Waals surface area contributed by atoms with Crippen LogP contribution in [-0.2, 0) is 24.1 Å². The Morgan fingerprint density at radius 2 is 1.88 bits per heavy atom. The molecule has 1 N–H and O–H groups in total. The van der Waals surface area contributed by atoms with Crippen molar-refractivity contribution in [1.29, 1.82) is 0 Å². The van der Waals surface area contributed by atoms with E-state index in [0.29, 0.717) is 17.9 Å². The Labute approximate surface area is 154 Å². The summed E-state index contributed by atoms with van der Waals surface area (Å²) in [7, 11) is 3.18. The molecule has 0 radical (unpaired) electrons. The molecule has 0 saturated carbocycles. The standard InChI is InChI=1S/C21H25NO4/c1-14(10-15-4-6-18-17(11-15)8-9-26-18)22-21(23)13-16-5-7-19(24-2)20(12-16)25-3/h4-7,11-12,14H,8-10,13H2,1-3H3,(H,22,23). The number of hydrogen-bond donors (Lipinski definition) is 1. The van der Waals surface area contributed by atoms with Gasteiger partial charge in [0.1, 0.15) is 5.75 Å². The van der Waals surface area contributed by atoms with Crippen molar-refractivity contribution in [3.8, 4) is 17.2 Å². The van der Waals surface area contributed by atoms with Crippen LogP contribution in [0.5, 0.6) is 17.2 Å². The highest BCUT2D eigenvalue weighted by molar-refractivity contribution is 5.79. The molecule has 1 atom stereocenters. The fourth-order valence-corrected chi connectivity index (χ4v) is 3.27. The molecule has 1 aliphatic heterocycles. The van der Waals surface area contributed by atoms with Gasteiger partial charge in [0, 0.05) is 12.5 Å². The summed E-state index contributed by atoms with van der Waals surface area (Å²) in [6, 6.07) is 11.9. The molecule has 0 fully saturated rings. The van der Waals surface area contributed by atoms with Gasteiger partial charge in [0.25, 0.3) is 0 Å². The second kappa shape index (κ2) is 8.13. The van der Waals surface area contributed by atoms with Crippen LogP contribution in [0.15, 0.2) is 36.4 Å². The van der Waals surface area contributed by atoms with E-state index in [1.54, 1.807) is 14.2 Å². The molecule has 2 aromatic carbocycles. The first-order valence-corrected chi connectivity index (χ1v) is 8.84. The van der Waals surface area contributed by atoms with E-state index in [0.717, 1.165) is 30.8 Å². The van der Waals surface area contributed by atoms with Crippen LogP contribution in [0.2, 0.25) is 0 Å². The van der Waals surface area contributed by atoms with Crippen LogP contribution < -0.4 is 19.5 Å². The highest BCUT2D eigenvalue weighted by Gasteiger charge is 2.15. The zero-order valence-electron chi connectivity index (χ0n) is 15.5. The van der Waals surface area contributed by atoms with E-state index in [2.05, 4.69) is 17.4 Å². The molecule has 138 valence electrons. The molecule has 5 nitrogen and oxygen atoms in total. The largest absolute Gasteiger partial charge is 0.493 e. The molecule has 0 saturated heterocycles. The lowest BCUT2D eigenvalue weighted by Gasteiger charge is -2.15. The summed E-state index contributed by atoms with van der Waals surface area (Å²) in [4.78, 5) is 12.4. The first-order valence-electron chi connectivity index (χ1n) is 8.84. The average Bonchev–Trinajstić information content (AvgIpc) is 3.09. The first kappa shape index (κ1) is 18.1. The van der Waals surface area contributed by atoms with Crippen molar-refractivity contribution in [3.63, 3.8) is 0 Å². The number of carbonyl (C=O) groups is 1. The number of carbonyl (C=O) groups excluding carboxylic acids is 1. The maximum atomic E-state index is 12.4. The van der Waals surface area contributed by atoms with Gasteiger partial charge in [0.05, 0.1) is 27.2 Å². The minimum atomic E-state index is -0.00536. The molecular weight excluding hydrogens is 330 g/mol. The van der Waals surface area contributed by atoms with Gasteiger partial charge in [-0.1, -0.05) is 18.2 Å². The molecule has 5 heteroatoms. The second-order valence-corrected chi connectivity index (χ2v) is 6.58. The molecule has 0 aromatic heterocycles. The molecule has 0 spiro atoms. The van der Waals surface area contributed by atoms with Crippen molar-refractivity contribution in [2.75, 3.05) is 20.8 Å². The maximum absolute atomic E-state index is 12.4. The van der Waals surface area contributed by atoms with Crippen LogP contribution in [0.4, 0.5) is 0 Å². The van der Waals surface area contributed by atoms with Gasteiger partial charge in [-0.2, -0.15) is 0 Å². The Kier molecular flexibility index (Phi) is 5.66. The molecule has 2 aromatic rings. The molecule has 0 bridgehead atoms. The molecule has 1 amide bonds. The van der Waals surface area contributed by atoms with E-state index in [9.17, 15) is 4.79 Å². The lowest BCUT2D eigenvalue weighted by molar-refractivity contribution is -0.121. The van der Waals surface area contributed by atoms with Gasteiger partial charge in [0.2, 0.25) is 5.91 Å². The minimum absolute atomic E-state index is 0.00536. The Morgan fingerprint density at radius 3 is 2.65 bits per heavy atom. The van der Waals surface area contributed by atoms with Crippen molar-refractivity contribution in [2.45, 2.75) is 32.2 Å².